The molecule has 0 aliphatic heterocycles. The van der Waals surface area contributed by atoms with Crippen molar-refractivity contribution in [3.8, 4) is 0 Å². The summed E-state index contributed by atoms with van der Waals surface area (Å²) >= 11 is 0. The molecule has 0 amide bonds. The van der Waals surface area contributed by atoms with Gasteiger partial charge < -0.3 is 11.1 Å². The van der Waals surface area contributed by atoms with E-state index in [1.165, 1.54) is 38.5 Å². The van der Waals surface area contributed by atoms with Gasteiger partial charge in [0.2, 0.25) is 0 Å². The highest BCUT2D eigenvalue weighted by molar-refractivity contribution is 4.99. The summed E-state index contributed by atoms with van der Waals surface area (Å²) in [5.41, 5.74) is 6.89. The van der Waals surface area contributed by atoms with E-state index in [0.717, 1.165) is 18.4 Å². The third kappa shape index (κ3) is 3.08. The Kier molecular flexibility index (Phi) is 4.08. The minimum Gasteiger partial charge on any atom is -0.329 e. The molecule has 0 radical (unpaired) electrons. The molecule has 2 nitrogen and oxygen atoms in total. The number of rotatable bonds is 3. The first-order valence-electron chi connectivity index (χ1n) is 7.84. The number of nitrogens with one attached hydrogen (secondary N) is 1. The summed E-state index contributed by atoms with van der Waals surface area (Å²) in [7, 11) is 0. The molecule has 2 fully saturated rings. The van der Waals surface area contributed by atoms with E-state index in [2.05, 4.69) is 33.0 Å². The van der Waals surface area contributed by atoms with Crippen molar-refractivity contribution in [1.82, 2.24) is 5.32 Å². The first-order valence-corrected chi connectivity index (χ1v) is 7.84. The molecule has 2 rings (SSSR count). The van der Waals surface area contributed by atoms with Gasteiger partial charge in [-0.1, -0.05) is 27.7 Å². The Labute approximate surface area is 113 Å². The maximum atomic E-state index is 6.13. The summed E-state index contributed by atoms with van der Waals surface area (Å²) in [5, 5.41) is 3.96. The summed E-state index contributed by atoms with van der Waals surface area (Å²) in [6.45, 7) is 10.4. The van der Waals surface area contributed by atoms with Gasteiger partial charge in [0.15, 0.2) is 0 Å². The Morgan fingerprint density at radius 2 is 1.78 bits per heavy atom. The standard InChI is InChI=1S/C16H32N2/c1-12-5-8-16(11-17,9-13(12)2)18-14-6-7-15(3,4)10-14/h12-14,18H,5-11,17H2,1-4H3. The van der Waals surface area contributed by atoms with Gasteiger partial charge in [-0.25, -0.2) is 0 Å². The summed E-state index contributed by atoms with van der Waals surface area (Å²) in [4.78, 5) is 0. The van der Waals surface area contributed by atoms with E-state index < -0.39 is 0 Å². The highest BCUT2D eigenvalue weighted by atomic mass is 15.0. The minimum atomic E-state index is 0.233. The van der Waals surface area contributed by atoms with Gasteiger partial charge in [-0.15, -0.1) is 0 Å². The fourth-order valence-corrected chi connectivity index (χ4v) is 4.08. The van der Waals surface area contributed by atoms with E-state index in [9.17, 15) is 0 Å². The maximum Gasteiger partial charge on any atom is 0.0309 e. The molecule has 2 saturated carbocycles. The van der Waals surface area contributed by atoms with Crippen LogP contribution in [0.15, 0.2) is 0 Å². The quantitative estimate of drug-likeness (QED) is 0.809. The van der Waals surface area contributed by atoms with Crippen molar-refractivity contribution in [3.63, 3.8) is 0 Å². The van der Waals surface area contributed by atoms with Crippen molar-refractivity contribution in [3.05, 3.63) is 0 Å². The van der Waals surface area contributed by atoms with E-state index in [1.807, 2.05) is 0 Å². The second-order valence-corrected chi connectivity index (χ2v) is 7.93. The molecule has 2 aliphatic carbocycles. The fourth-order valence-electron chi connectivity index (χ4n) is 4.08. The van der Waals surface area contributed by atoms with Crippen LogP contribution in [0.25, 0.3) is 0 Å². The third-order valence-electron chi connectivity index (χ3n) is 5.63. The van der Waals surface area contributed by atoms with Crippen LogP contribution in [0, 0.1) is 17.3 Å². The normalized spacial score (nSPS) is 44.2. The van der Waals surface area contributed by atoms with Crippen LogP contribution in [0.5, 0.6) is 0 Å². The first kappa shape index (κ1) is 14.3. The zero-order valence-corrected chi connectivity index (χ0v) is 12.8. The van der Waals surface area contributed by atoms with Crippen LogP contribution in [0.3, 0.4) is 0 Å². The Hall–Kier alpha value is -0.0800. The molecule has 0 spiro atoms. The second kappa shape index (κ2) is 5.13. The summed E-state index contributed by atoms with van der Waals surface area (Å²) < 4.78 is 0. The van der Waals surface area contributed by atoms with Crippen LogP contribution < -0.4 is 11.1 Å². The molecule has 106 valence electrons. The molecule has 0 heterocycles. The average Bonchev–Trinajstić information content (AvgIpc) is 2.63. The van der Waals surface area contributed by atoms with E-state index in [1.54, 1.807) is 0 Å². The number of hydrogen-bond donors (Lipinski definition) is 2. The molecule has 18 heavy (non-hydrogen) atoms. The smallest absolute Gasteiger partial charge is 0.0309 e. The van der Waals surface area contributed by atoms with E-state index in [4.69, 9.17) is 5.73 Å². The lowest BCUT2D eigenvalue weighted by atomic mass is 9.71. The van der Waals surface area contributed by atoms with Crippen LogP contribution >= 0.6 is 0 Å². The lowest BCUT2D eigenvalue weighted by Crippen LogP contribution is -2.57. The Morgan fingerprint density at radius 3 is 2.28 bits per heavy atom. The molecule has 4 unspecified atom stereocenters. The Balaban J connectivity index is 1.97. The predicted molar refractivity (Wildman–Crippen MR) is 78.5 cm³/mol. The van der Waals surface area contributed by atoms with Gasteiger partial charge in [0, 0.05) is 18.1 Å². The van der Waals surface area contributed by atoms with Crippen LogP contribution in [0.2, 0.25) is 0 Å². The van der Waals surface area contributed by atoms with Gasteiger partial charge in [0.05, 0.1) is 0 Å². The van der Waals surface area contributed by atoms with Crippen molar-refractivity contribution in [2.45, 2.75) is 77.8 Å². The highest BCUT2D eigenvalue weighted by Gasteiger charge is 2.40. The molecule has 0 aromatic heterocycles. The molecular formula is C16H32N2. The average molecular weight is 252 g/mol. The molecular weight excluding hydrogens is 220 g/mol. The largest absolute Gasteiger partial charge is 0.329 e. The Bertz CT molecular complexity index is 287. The zero-order valence-electron chi connectivity index (χ0n) is 12.8. The lowest BCUT2D eigenvalue weighted by Gasteiger charge is -2.44. The van der Waals surface area contributed by atoms with E-state index in [0.29, 0.717) is 11.5 Å². The van der Waals surface area contributed by atoms with Gasteiger partial charge in [0.1, 0.15) is 0 Å². The molecule has 2 aliphatic rings. The van der Waals surface area contributed by atoms with Gasteiger partial charge >= 0.3 is 0 Å². The minimum absolute atomic E-state index is 0.233. The summed E-state index contributed by atoms with van der Waals surface area (Å²) in [5.74, 6) is 1.68. The predicted octanol–water partition coefficient (Wildman–Crippen LogP) is 3.31. The monoisotopic (exact) mass is 252 g/mol. The van der Waals surface area contributed by atoms with Crippen molar-refractivity contribution < 1.29 is 0 Å². The van der Waals surface area contributed by atoms with Crippen LogP contribution in [-0.2, 0) is 0 Å². The van der Waals surface area contributed by atoms with Gasteiger partial charge in [-0.3, -0.25) is 0 Å². The van der Waals surface area contributed by atoms with Gasteiger partial charge in [0.25, 0.3) is 0 Å². The van der Waals surface area contributed by atoms with Gasteiger partial charge in [-0.2, -0.15) is 0 Å². The van der Waals surface area contributed by atoms with Crippen molar-refractivity contribution >= 4 is 0 Å². The molecule has 2 heteroatoms. The molecule has 0 aromatic carbocycles. The van der Waals surface area contributed by atoms with Crippen molar-refractivity contribution in [1.29, 1.82) is 0 Å². The SMILES string of the molecule is CC1CCC(CN)(NC2CCC(C)(C)C2)CC1C. The lowest BCUT2D eigenvalue weighted by molar-refractivity contribution is 0.132. The summed E-state index contributed by atoms with van der Waals surface area (Å²) in [6, 6.07) is 0.698. The van der Waals surface area contributed by atoms with Crippen molar-refractivity contribution in [2.24, 2.45) is 23.0 Å². The first-order chi connectivity index (χ1) is 8.36. The molecule has 4 atom stereocenters. The Morgan fingerprint density at radius 1 is 1.06 bits per heavy atom. The molecule has 3 N–H and O–H groups in total. The van der Waals surface area contributed by atoms with Crippen LogP contribution in [-0.4, -0.2) is 18.1 Å². The third-order valence-corrected chi connectivity index (χ3v) is 5.63. The topological polar surface area (TPSA) is 38.0 Å². The molecule has 0 saturated heterocycles. The van der Waals surface area contributed by atoms with E-state index >= 15 is 0 Å². The maximum absolute atomic E-state index is 6.13. The molecule has 0 aromatic rings. The zero-order chi connectivity index (χ0) is 13.4. The number of nitrogens with two attached hydrogens (primary N) is 1. The van der Waals surface area contributed by atoms with Crippen LogP contribution in [0.4, 0.5) is 0 Å². The fraction of sp³-hybridized carbons (Fsp3) is 1.00. The van der Waals surface area contributed by atoms with Crippen molar-refractivity contribution in [2.75, 3.05) is 6.54 Å². The van der Waals surface area contributed by atoms with Crippen LogP contribution in [0.1, 0.15) is 66.2 Å². The molecule has 0 bridgehead atoms. The summed E-state index contributed by atoms with van der Waals surface area (Å²) in [6.07, 6.45) is 7.88. The highest BCUT2D eigenvalue weighted by Crippen LogP contribution is 2.41. The second-order valence-electron chi connectivity index (χ2n) is 7.93. The van der Waals surface area contributed by atoms with Gasteiger partial charge in [-0.05, 0) is 55.8 Å². The number of hydrogen-bond acceptors (Lipinski definition) is 2. The van der Waals surface area contributed by atoms with E-state index in [-0.39, 0.29) is 5.54 Å².